The van der Waals surface area contributed by atoms with E-state index < -0.39 is 17.6 Å². The fraction of sp³-hybridized carbons (Fsp3) is 0.364. The number of hydrogen-bond acceptors (Lipinski definition) is 3. The van der Waals surface area contributed by atoms with Gasteiger partial charge in [-0.15, -0.1) is 0 Å². The predicted octanol–water partition coefficient (Wildman–Crippen LogP) is 2.34. The van der Waals surface area contributed by atoms with Crippen molar-refractivity contribution >= 4 is 23.4 Å². The lowest BCUT2D eigenvalue weighted by Crippen LogP contribution is -2.18. The number of thioether (sulfide) groups is 1. The molecule has 18 heavy (non-hydrogen) atoms. The molecule has 0 spiro atoms. The summed E-state index contributed by atoms with van der Waals surface area (Å²) in [6, 6.07) is 4.89. The van der Waals surface area contributed by atoms with Gasteiger partial charge in [-0.25, -0.2) is 0 Å². The summed E-state index contributed by atoms with van der Waals surface area (Å²) in [7, 11) is 0. The van der Waals surface area contributed by atoms with E-state index in [0.717, 1.165) is 6.07 Å². The van der Waals surface area contributed by atoms with Crippen molar-refractivity contribution in [3.63, 3.8) is 0 Å². The van der Waals surface area contributed by atoms with E-state index in [1.807, 2.05) is 0 Å². The van der Waals surface area contributed by atoms with Crippen molar-refractivity contribution in [3.8, 4) is 0 Å². The van der Waals surface area contributed by atoms with Crippen molar-refractivity contribution < 1.29 is 18.0 Å². The van der Waals surface area contributed by atoms with Crippen LogP contribution >= 0.6 is 11.8 Å². The van der Waals surface area contributed by atoms with E-state index in [1.54, 1.807) is 0 Å². The average molecular weight is 278 g/mol. The molecule has 0 fully saturated rings. The number of carbonyl (C=O) groups is 1. The largest absolute Gasteiger partial charge is 0.418 e. The van der Waals surface area contributed by atoms with Crippen LogP contribution in [0.4, 0.5) is 18.9 Å². The Kier molecular flexibility index (Phi) is 5.49. The summed E-state index contributed by atoms with van der Waals surface area (Å²) >= 11 is 1.28. The maximum absolute atomic E-state index is 12.6. The van der Waals surface area contributed by atoms with Crippen molar-refractivity contribution in [1.29, 1.82) is 0 Å². The lowest BCUT2D eigenvalue weighted by molar-refractivity contribution is -0.137. The fourth-order valence-electron chi connectivity index (χ4n) is 1.27. The molecular formula is C11H13F3N2OS. The predicted molar refractivity (Wildman–Crippen MR) is 66.5 cm³/mol. The van der Waals surface area contributed by atoms with Gasteiger partial charge in [-0.2, -0.15) is 24.9 Å². The molecule has 0 aliphatic carbocycles. The molecule has 0 aliphatic heterocycles. The highest BCUT2D eigenvalue weighted by molar-refractivity contribution is 7.99. The summed E-state index contributed by atoms with van der Waals surface area (Å²) in [5, 5.41) is 2.26. The minimum Gasteiger partial charge on any atom is -0.330 e. The van der Waals surface area contributed by atoms with Crippen LogP contribution in [0, 0.1) is 0 Å². The highest BCUT2D eigenvalue weighted by Crippen LogP contribution is 2.34. The molecule has 1 aromatic rings. The van der Waals surface area contributed by atoms with Crippen molar-refractivity contribution in [1.82, 2.24) is 0 Å². The number of carbonyl (C=O) groups excluding carboxylic acids is 1. The summed E-state index contributed by atoms with van der Waals surface area (Å²) in [6.45, 7) is 0.428. The number of benzene rings is 1. The molecule has 3 N–H and O–H groups in total. The van der Waals surface area contributed by atoms with E-state index in [0.29, 0.717) is 12.3 Å². The second-order valence-electron chi connectivity index (χ2n) is 3.43. The number of nitrogens with two attached hydrogens (primary N) is 1. The lowest BCUT2D eigenvalue weighted by Gasteiger charge is -2.13. The maximum atomic E-state index is 12.6. The Bertz CT molecular complexity index is 410. The van der Waals surface area contributed by atoms with Gasteiger partial charge in [-0.3, -0.25) is 4.79 Å². The molecule has 0 heterocycles. The summed E-state index contributed by atoms with van der Waals surface area (Å²) in [5.74, 6) is 0.211. The van der Waals surface area contributed by atoms with Gasteiger partial charge in [-0.1, -0.05) is 12.1 Å². The summed E-state index contributed by atoms with van der Waals surface area (Å²) < 4.78 is 37.9. The standard InChI is InChI=1S/C11H13F3N2OS/c12-11(13,14)8-3-1-2-4-9(8)16-10(17)7-18-6-5-15/h1-4H,5-7,15H2,(H,16,17). The molecule has 0 bridgehead atoms. The third kappa shape index (κ3) is 4.58. The smallest absolute Gasteiger partial charge is 0.330 e. The van der Waals surface area contributed by atoms with Crippen molar-refractivity contribution in [2.24, 2.45) is 5.73 Å². The zero-order chi connectivity index (χ0) is 13.6. The van der Waals surface area contributed by atoms with Crippen LogP contribution in [0.5, 0.6) is 0 Å². The first-order chi connectivity index (χ1) is 8.45. The number of rotatable bonds is 5. The van der Waals surface area contributed by atoms with E-state index in [9.17, 15) is 18.0 Å². The van der Waals surface area contributed by atoms with Crippen LogP contribution in [0.2, 0.25) is 0 Å². The van der Waals surface area contributed by atoms with Gasteiger partial charge >= 0.3 is 6.18 Å². The van der Waals surface area contributed by atoms with Crippen LogP contribution in [0.15, 0.2) is 24.3 Å². The molecule has 0 unspecified atom stereocenters. The van der Waals surface area contributed by atoms with Crippen LogP contribution in [0.3, 0.4) is 0 Å². The van der Waals surface area contributed by atoms with Gasteiger partial charge in [0, 0.05) is 12.3 Å². The number of nitrogens with one attached hydrogen (secondary N) is 1. The number of alkyl halides is 3. The highest BCUT2D eigenvalue weighted by atomic mass is 32.2. The van der Waals surface area contributed by atoms with Crippen molar-refractivity contribution in [2.45, 2.75) is 6.18 Å². The van der Waals surface area contributed by atoms with Gasteiger partial charge in [0.1, 0.15) is 0 Å². The SMILES string of the molecule is NCCSCC(=O)Nc1ccccc1C(F)(F)F. The number of halogens is 3. The van der Waals surface area contributed by atoms with Gasteiger partial charge in [0.2, 0.25) is 5.91 Å². The molecule has 3 nitrogen and oxygen atoms in total. The third-order valence-electron chi connectivity index (χ3n) is 2.00. The summed E-state index contributed by atoms with van der Waals surface area (Å²) in [4.78, 5) is 11.4. The van der Waals surface area contributed by atoms with Crippen molar-refractivity contribution in [2.75, 3.05) is 23.4 Å². The Morgan fingerprint density at radius 1 is 1.33 bits per heavy atom. The first-order valence-corrected chi connectivity index (χ1v) is 6.34. The van der Waals surface area contributed by atoms with Crippen LogP contribution in [0.1, 0.15) is 5.56 Å². The number of anilines is 1. The minimum atomic E-state index is -4.48. The van der Waals surface area contributed by atoms with Crippen LogP contribution < -0.4 is 11.1 Å². The highest BCUT2D eigenvalue weighted by Gasteiger charge is 2.33. The maximum Gasteiger partial charge on any atom is 0.418 e. The van der Waals surface area contributed by atoms with E-state index in [4.69, 9.17) is 5.73 Å². The van der Waals surface area contributed by atoms with E-state index in [2.05, 4.69) is 5.32 Å². The fourth-order valence-corrected chi connectivity index (χ4v) is 1.84. The molecule has 1 aromatic carbocycles. The van der Waals surface area contributed by atoms with Gasteiger partial charge in [0.15, 0.2) is 0 Å². The molecule has 0 aromatic heterocycles. The first kappa shape index (κ1) is 14.8. The minimum absolute atomic E-state index is 0.0867. The van der Waals surface area contributed by atoms with Gasteiger partial charge in [0.05, 0.1) is 17.0 Å². The second kappa shape index (κ2) is 6.65. The lowest BCUT2D eigenvalue weighted by atomic mass is 10.1. The zero-order valence-electron chi connectivity index (χ0n) is 9.46. The number of amides is 1. The molecule has 100 valence electrons. The summed E-state index contributed by atoms with van der Waals surface area (Å²) in [6.07, 6.45) is -4.48. The topological polar surface area (TPSA) is 55.1 Å². The molecule has 0 aliphatic rings. The Morgan fingerprint density at radius 3 is 2.61 bits per heavy atom. The van der Waals surface area contributed by atoms with Gasteiger partial charge < -0.3 is 11.1 Å². The molecule has 1 amide bonds. The summed E-state index contributed by atoms with van der Waals surface area (Å²) in [5.41, 5.74) is 4.18. The molecule has 0 radical (unpaired) electrons. The zero-order valence-corrected chi connectivity index (χ0v) is 10.3. The van der Waals surface area contributed by atoms with Gasteiger partial charge in [-0.05, 0) is 12.1 Å². The van der Waals surface area contributed by atoms with E-state index >= 15 is 0 Å². The Morgan fingerprint density at radius 2 is 2.00 bits per heavy atom. The molecule has 0 saturated heterocycles. The van der Waals surface area contributed by atoms with E-state index in [1.165, 1.54) is 30.0 Å². The van der Waals surface area contributed by atoms with E-state index in [-0.39, 0.29) is 11.4 Å². The molecule has 0 atom stereocenters. The monoisotopic (exact) mass is 278 g/mol. The van der Waals surface area contributed by atoms with Crippen LogP contribution in [-0.4, -0.2) is 24.0 Å². The average Bonchev–Trinajstić information content (AvgIpc) is 2.28. The quantitative estimate of drug-likeness (QED) is 0.813. The van der Waals surface area contributed by atoms with Crippen LogP contribution in [-0.2, 0) is 11.0 Å². The molecule has 7 heteroatoms. The first-order valence-electron chi connectivity index (χ1n) is 5.19. The van der Waals surface area contributed by atoms with Gasteiger partial charge in [0.25, 0.3) is 0 Å². The Hall–Kier alpha value is -1.21. The van der Waals surface area contributed by atoms with Crippen molar-refractivity contribution in [3.05, 3.63) is 29.8 Å². The normalized spacial score (nSPS) is 11.3. The third-order valence-corrected chi connectivity index (χ3v) is 2.99. The number of hydrogen-bond donors (Lipinski definition) is 2. The molecular weight excluding hydrogens is 265 g/mol. The molecule has 0 saturated carbocycles. The second-order valence-corrected chi connectivity index (χ2v) is 4.54. The Balaban J connectivity index is 2.70. The van der Waals surface area contributed by atoms with Crippen LogP contribution in [0.25, 0.3) is 0 Å². The molecule has 1 rings (SSSR count). The number of para-hydroxylation sites is 1. The Labute approximate surface area is 107 Å².